The smallest absolute Gasteiger partial charge is 0.192 e. The lowest BCUT2D eigenvalue weighted by Crippen LogP contribution is -2.61. The van der Waals surface area contributed by atoms with Gasteiger partial charge in [0.2, 0.25) is 0 Å². The molecule has 19 atom stereocenters. The first-order chi connectivity index (χ1) is 30.9. The van der Waals surface area contributed by atoms with Crippen molar-refractivity contribution < 1.29 is 56.3 Å². The first-order valence-electron chi connectivity index (χ1n) is 25.9. The molecule has 0 amide bonds. The van der Waals surface area contributed by atoms with E-state index in [1.54, 1.807) is 7.11 Å². The number of hydrogen-bond donors (Lipinski definition) is 0. The molecule has 0 aliphatic carbocycles. The molecule has 0 saturated carbocycles. The van der Waals surface area contributed by atoms with Gasteiger partial charge in [-0.25, -0.2) is 0 Å². The van der Waals surface area contributed by atoms with Crippen molar-refractivity contribution in [2.75, 3.05) is 13.7 Å². The van der Waals surface area contributed by atoms with Crippen LogP contribution >= 0.6 is 0 Å². The van der Waals surface area contributed by atoms with Gasteiger partial charge in [0.15, 0.2) is 22.4 Å². The van der Waals surface area contributed by atoms with E-state index in [0.29, 0.717) is 45.1 Å². The van der Waals surface area contributed by atoms with Gasteiger partial charge in [0.25, 0.3) is 0 Å². The van der Waals surface area contributed by atoms with Crippen molar-refractivity contribution in [1.29, 1.82) is 0 Å². The van der Waals surface area contributed by atoms with E-state index in [1.165, 1.54) is 0 Å². The SMILES string of the molecule is C=C1CC2CC[C@@]34CC5O[C@H]6[C@@H](O3)[C@H]3O[C@H](CC[C@@H]3O[C@H]6[C@H]5O4)CC(=O)CC3C(C[C@H]4O[C@@H](CCC1O2)C[C@@H](C)C4=C)O[C@H](CC(CO[Si](C)(C)C(C)(C)C)O[Si](C)(C)C(C)(C)C)[C@@H]3OC. The second kappa shape index (κ2) is 18.6. The molecule has 0 radical (unpaired) electrons. The molecular formula is C52H86O12Si2. The second-order valence-electron chi connectivity index (χ2n) is 25.1. The molecule has 0 N–H and O–H groups in total. The minimum atomic E-state index is -2.22. The minimum absolute atomic E-state index is 0.00884. The first kappa shape index (κ1) is 50.1. The Labute approximate surface area is 398 Å². The van der Waals surface area contributed by atoms with Crippen LogP contribution in [-0.4, -0.2) is 140 Å². The topological polar surface area (TPSA) is 119 Å². The summed E-state index contributed by atoms with van der Waals surface area (Å²) in [4.78, 5) is 14.6. The number of methoxy groups -OCH3 is 1. The summed E-state index contributed by atoms with van der Waals surface area (Å²) in [6, 6.07) is 0. The van der Waals surface area contributed by atoms with Crippen LogP contribution in [0.1, 0.15) is 132 Å². The number of hydrogen-bond acceptors (Lipinski definition) is 12. The highest BCUT2D eigenvalue weighted by atomic mass is 28.4. The third kappa shape index (κ3) is 9.87. The monoisotopic (exact) mass is 959 g/mol. The third-order valence-corrected chi connectivity index (χ3v) is 27.4. The zero-order valence-electron chi connectivity index (χ0n) is 42.6. The van der Waals surface area contributed by atoms with Crippen molar-refractivity contribution in [2.45, 2.75) is 272 Å². The molecule has 10 aliphatic rings. The molecular weight excluding hydrogens is 873 g/mol. The van der Waals surface area contributed by atoms with Gasteiger partial charge >= 0.3 is 0 Å². The lowest BCUT2D eigenvalue weighted by Gasteiger charge is -2.47. The number of Topliss-reactive ketones (excluding diaryl/α,β-unsaturated/α-hetero) is 1. The van der Waals surface area contributed by atoms with Gasteiger partial charge in [-0.2, -0.15) is 0 Å². The van der Waals surface area contributed by atoms with Crippen molar-refractivity contribution >= 4 is 22.4 Å². The Bertz CT molecular complexity index is 1790. The predicted octanol–water partition coefficient (Wildman–Crippen LogP) is 9.53. The van der Waals surface area contributed by atoms with Gasteiger partial charge in [-0.1, -0.05) is 61.6 Å². The fraction of sp³-hybridized carbons (Fsp3) is 0.904. The fourth-order valence-corrected chi connectivity index (χ4v) is 14.8. The third-order valence-electron chi connectivity index (χ3n) is 18.4. The Morgan fingerprint density at radius 2 is 1.36 bits per heavy atom. The van der Waals surface area contributed by atoms with Crippen LogP contribution in [0, 0.1) is 11.8 Å². The molecule has 10 saturated heterocycles. The van der Waals surface area contributed by atoms with Gasteiger partial charge in [0.1, 0.15) is 36.3 Å². The number of carbonyl (C=O) groups is 1. The number of carbonyl (C=O) groups excluding carboxylic acids is 1. The van der Waals surface area contributed by atoms with Crippen LogP contribution in [0.15, 0.2) is 24.3 Å². The second-order valence-corrected chi connectivity index (χ2v) is 34.7. The Morgan fingerprint density at radius 1 is 0.697 bits per heavy atom. The molecule has 14 heteroatoms. The summed E-state index contributed by atoms with van der Waals surface area (Å²) < 4.78 is 76.0. The summed E-state index contributed by atoms with van der Waals surface area (Å²) in [5, 5.41) is 0.0634. The predicted molar refractivity (Wildman–Crippen MR) is 256 cm³/mol. The minimum Gasteiger partial charge on any atom is -0.414 e. The van der Waals surface area contributed by atoms with Crippen LogP contribution in [0.4, 0.5) is 0 Å². The van der Waals surface area contributed by atoms with Gasteiger partial charge in [0, 0.05) is 51.6 Å². The highest BCUT2D eigenvalue weighted by Crippen LogP contribution is 2.55. The highest BCUT2D eigenvalue weighted by Gasteiger charge is 2.69. The van der Waals surface area contributed by atoms with E-state index >= 15 is 0 Å². The Morgan fingerprint density at radius 3 is 2.09 bits per heavy atom. The van der Waals surface area contributed by atoms with Crippen LogP contribution in [0.3, 0.4) is 0 Å². The Balaban J connectivity index is 0.993. The van der Waals surface area contributed by atoms with Gasteiger partial charge in [-0.05, 0) is 98.3 Å². The van der Waals surface area contributed by atoms with Gasteiger partial charge in [-0.3, -0.25) is 4.79 Å². The molecule has 0 aromatic heterocycles. The molecule has 10 heterocycles. The first-order valence-corrected chi connectivity index (χ1v) is 31.8. The molecule has 374 valence electrons. The molecule has 6 unspecified atom stereocenters. The Hall–Kier alpha value is -0.856. The van der Waals surface area contributed by atoms with Crippen LogP contribution in [-0.2, 0) is 56.3 Å². The van der Waals surface area contributed by atoms with E-state index < -0.39 is 22.4 Å². The van der Waals surface area contributed by atoms with Crippen LogP contribution in [0.25, 0.3) is 0 Å². The van der Waals surface area contributed by atoms with Crippen molar-refractivity contribution in [3.05, 3.63) is 24.3 Å². The number of fused-ring (bicyclic) bond motifs is 6. The van der Waals surface area contributed by atoms with Crippen molar-refractivity contribution in [3.8, 4) is 0 Å². The van der Waals surface area contributed by atoms with Crippen LogP contribution < -0.4 is 0 Å². The fourth-order valence-electron chi connectivity index (χ4n) is 12.4. The standard InChI is InChI=1S/C52H86O12Si2/c1-29-21-33-15-17-38-30(2)22-35(56-38)19-20-52-27-43-46(62-52)47-48(61-43)49(63-52)45-39(60-47)18-16-34(58-45)23-32(53)24-37-41(26-40(57-33)31(29)3)59-42(44(37)54-10)25-36(64-66(13,14)51(7,8)9)28-55-65(11,12)50(4,5)6/h29,33-49H,2-3,15-28H2,1,4-14H3/t29-,33+,34-,35?,36?,37?,38?,39+,40-,41?,42-,43?,44-,45+,46+,47+,48-,49+,52+/m1/s1. The summed E-state index contributed by atoms with van der Waals surface area (Å²) in [5.41, 5.74) is 2.25. The van der Waals surface area contributed by atoms with E-state index in [0.717, 1.165) is 56.1 Å². The molecule has 12 nitrogen and oxygen atoms in total. The summed E-state index contributed by atoms with van der Waals surface area (Å²) in [7, 11) is -2.55. The number of ketones is 1. The quantitative estimate of drug-likeness (QED) is 0.170. The zero-order valence-corrected chi connectivity index (χ0v) is 44.6. The molecule has 1 spiro atoms. The van der Waals surface area contributed by atoms with E-state index in [2.05, 4.69) is 87.8 Å². The molecule has 66 heavy (non-hydrogen) atoms. The summed E-state index contributed by atoms with van der Waals surface area (Å²) >= 11 is 0. The maximum atomic E-state index is 14.6. The van der Waals surface area contributed by atoms with E-state index in [-0.39, 0.29) is 125 Å². The number of rotatable bonds is 8. The van der Waals surface area contributed by atoms with Crippen molar-refractivity contribution in [2.24, 2.45) is 11.8 Å². The van der Waals surface area contributed by atoms with Gasteiger partial charge in [-0.15, -0.1) is 0 Å². The average molecular weight is 959 g/mol. The highest BCUT2D eigenvalue weighted by molar-refractivity contribution is 6.74. The maximum Gasteiger partial charge on any atom is 0.192 e. The molecule has 10 rings (SSSR count). The molecule has 12 bridgehead atoms. The zero-order chi connectivity index (χ0) is 47.3. The largest absolute Gasteiger partial charge is 0.414 e. The Kier molecular flexibility index (Phi) is 14.1. The lowest BCUT2D eigenvalue weighted by molar-refractivity contribution is -0.292. The lowest BCUT2D eigenvalue weighted by atomic mass is 9.81. The van der Waals surface area contributed by atoms with E-state index in [9.17, 15) is 4.79 Å². The summed E-state index contributed by atoms with van der Waals surface area (Å²) in [5.74, 6) is -0.554. The van der Waals surface area contributed by atoms with Crippen molar-refractivity contribution in [3.63, 3.8) is 0 Å². The molecule has 10 fully saturated rings. The maximum absolute atomic E-state index is 14.6. The molecule has 0 aromatic rings. The molecule has 0 aromatic carbocycles. The van der Waals surface area contributed by atoms with Crippen molar-refractivity contribution in [1.82, 2.24) is 0 Å². The number of ether oxygens (including phenoxy) is 9. The normalized spacial score (nSPS) is 44.9. The van der Waals surface area contributed by atoms with Gasteiger partial charge in [0.05, 0.1) is 73.8 Å². The van der Waals surface area contributed by atoms with E-state index in [4.69, 9.17) is 51.5 Å². The summed E-state index contributed by atoms with van der Waals surface area (Å²) in [6.07, 6.45) is 5.96. The van der Waals surface area contributed by atoms with Crippen LogP contribution in [0.2, 0.25) is 36.3 Å². The summed E-state index contributed by atoms with van der Waals surface area (Å²) in [6.45, 7) is 34.8. The molecule has 10 aliphatic heterocycles. The average Bonchev–Trinajstić information content (AvgIpc) is 3.90. The van der Waals surface area contributed by atoms with Gasteiger partial charge < -0.3 is 51.5 Å². The van der Waals surface area contributed by atoms with Crippen LogP contribution in [0.5, 0.6) is 0 Å². The van der Waals surface area contributed by atoms with E-state index in [1.807, 2.05) is 0 Å².